The molecule has 1 saturated heterocycles. The molecule has 2 unspecified atom stereocenters. The molecule has 0 aromatic carbocycles. The molecule has 0 spiro atoms. The lowest BCUT2D eigenvalue weighted by molar-refractivity contribution is 0.0921. The van der Waals surface area contributed by atoms with Crippen LogP contribution in [-0.4, -0.2) is 33.3 Å². The van der Waals surface area contributed by atoms with Crippen molar-refractivity contribution in [1.82, 2.24) is 19.4 Å². The van der Waals surface area contributed by atoms with Crippen LogP contribution in [0.15, 0.2) is 6.20 Å². The number of aromatic nitrogens is 2. The number of piperidine rings is 1. The first-order valence-corrected chi connectivity index (χ1v) is 5.80. The molecule has 1 fully saturated rings. The third-order valence-electron chi connectivity index (χ3n) is 2.55. The Morgan fingerprint density at radius 2 is 2.60 bits per heavy atom. The first-order chi connectivity index (χ1) is 7.25. The standard InChI is InChI=1S/C9H14N4OS/c1-6-4-7(2-3-10-6)12-9(14)8-5-11-15-13-8/h5-7,10H,2-4H2,1H3,(H,12,14). The van der Waals surface area contributed by atoms with E-state index in [1.165, 1.54) is 6.20 Å². The summed E-state index contributed by atoms with van der Waals surface area (Å²) >= 11 is 1.06. The molecule has 1 aliphatic rings. The lowest BCUT2D eigenvalue weighted by Crippen LogP contribution is -2.46. The molecule has 0 saturated carbocycles. The normalized spacial score (nSPS) is 26.2. The molecule has 1 amide bonds. The van der Waals surface area contributed by atoms with E-state index in [0.29, 0.717) is 11.7 Å². The van der Waals surface area contributed by atoms with Crippen molar-refractivity contribution in [3.8, 4) is 0 Å². The number of rotatable bonds is 2. The van der Waals surface area contributed by atoms with E-state index >= 15 is 0 Å². The van der Waals surface area contributed by atoms with Gasteiger partial charge in [0.1, 0.15) is 0 Å². The minimum atomic E-state index is -0.108. The maximum Gasteiger partial charge on any atom is 0.272 e. The summed E-state index contributed by atoms with van der Waals surface area (Å²) in [5.41, 5.74) is 0.422. The molecule has 15 heavy (non-hydrogen) atoms. The summed E-state index contributed by atoms with van der Waals surface area (Å²) in [6.07, 6.45) is 3.46. The Morgan fingerprint density at radius 1 is 1.73 bits per heavy atom. The van der Waals surface area contributed by atoms with Gasteiger partial charge in [-0.2, -0.15) is 8.75 Å². The highest BCUT2D eigenvalue weighted by Gasteiger charge is 2.21. The van der Waals surface area contributed by atoms with Crippen molar-refractivity contribution in [2.24, 2.45) is 0 Å². The van der Waals surface area contributed by atoms with Gasteiger partial charge >= 0.3 is 0 Å². The average molecular weight is 226 g/mol. The molecule has 5 nitrogen and oxygen atoms in total. The number of hydrogen-bond donors (Lipinski definition) is 2. The molecule has 1 aromatic heterocycles. The number of carbonyl (C=O) groups excluding carboxylic acids is 1. The van der Waals surface area contributed by atoms with Gasteiger partial charge in [-0.1, -0.05) is 0 Å². The summed E-state index contributed by atoms with van der Waals surface area (Å²) in [6.45, 7) is 3.09. The zero-order valence-electron chi connectivity index (χ0n) is 8.56. The molecule has 82 valence electrons. The molecular weight excluding hydrogens is 212 g/mol. The third kappa shape index (κ3) is 2.73. The van der Waals surface area contributed by atoms with Crippen LogP contribution in [0.4, 0.5) is 0 Å². The van der Waals surface area contributed by atoms with Crippen LogP contribution in [0, 0.1) is 0 Å². The molecule has 0 bridgehead atoms. The van der Waals surface area contributed by atoms with Crippen molar-refractivity contribution in [2.45, 2.75) is 31.8 Å². The Balaban J connectivity index is 1.89. The van der Waals surface area contributed by atoms with E-state index in [1.54, 1.807) is 0 Å². The molecule has 0 aliphatic carbocycles. The van der Waals surface area contributed by atoms with E-state index in [0.717, 1.165) is 31.1 Å². The van der Waals surface area contributed by atoms with Crippen molar-refractivity contribution in [2.75, 3.05) is 6.54 Å². The van der Waals surface area contributed by atoms with Gasteiger partial charge in [-0.15, -0.1) is 0 Å². The Kier molecular flexibility index (Phi) is 3.27. The van der Waals surface area contributed by atoms with E-state index in [1.807, 2.05) is 0 Å². The smallest absolute Gasteiger partial charge is 0.272 e. The van der Waals surface area contributed by atoms with Crippen molar-refractivity contribution < 1.29 is 4.79 Å². The summed E-state index contributed by atoms with van der Waals surface area (Å²) < 4.78 is 7.71. The SMILES string of the molecule is CC1CC(NC(=O)c2cnsn2)CCN1. The largest absolute Gasteiger partial charge is 0.348 e. The molecule has 1 aromatic rings. The Labute approximate surface area is 92.6 Å². The van der Waals surface area contributed by atoms with E-state index in [4.69, 9.17) is 0 Å². The Bertz CT molecular complexity index is 327. The van der Waals surface area contributed by atoms with E-state index in [-0.39, 0.29) is 11.9 Å². The molecule has 2 rings (SSSR count). The summed E-state index contributed by atoms with van der Waals surface area (Å²) in [5.74, 6) is -0.108. The fourth-order valence-corrected chi connectivity index (χ4v) is 2.20. The minimum absolute atomic E-state index is 0.108. The van der Waals surface area contributed by atoms with Crippen molar-refractivity contribution >= 4 is 17.6 Å². The molecule has 0 radical (unpaired) electrons. The zero-order valence-corrected chi connectivity index (χ0v) is 9.38. The second kappa shape index (κ2) is 4.67. The van der Waals surface area contributed by atoms with Crippen LogP contribution in [0.2, 0.25) is 0 Å². The van der Waals surface area contributed by atoms with Gasteiger partial charge in [0.2, 0.25) is 0 Å². The van der Waals surface area contributed by atoms with E-state index in [9.17, 15) is 4.79 Å². The van der Waals surface area contributed by atoms with Crippen molar-refractivity contribution in [1.29, 1.82) is 0 Å². The fourth-order valence-electron chi connectivity index (χ4n) is 1.79. The highest BCUT2D eigenvalue weighted by Crippen LogP contribution is 2.08. The number of amides is 1. The highest BCUT2D eigenvalue weighted by molar-refractivity contribution is 6.99. The second-order valence-electron chi connectivity index (χ2n) is 3.84. The first-order valence-electron chi connectivity index (χ1n) is 5.07. The van der Waals surface area contributed by atoms with E-state index < -0.39 is 0 Å². The van der Waals surface area contributed by atoms with Gasteiger partial charge in [0.25, 0.3) is 5.91 Å². The predicted octanol–water partition coefficient (Wildman–Crippen LogP) is 0.408. The van der Waals surface area contributed by atoms with Crippen LogP contribution in [0.1, 0.15) is 30.3 Å². The average Bonchev–Trinajstić information content (AvgIpc) is 2.70. The minimum Gasteiger partial charge on any atom is -0.348 e. The van der Waals surface area contributed by atoms with Gasteiger partial charge in [0.05, 0.1) is 17.9 Å². The van der Waals surface area contributed by atoms with Crippen molar-refractivity contribution in [3.63, 3.8) is 0 Å². The second-order valence-corrected chi connectivity index (χ2v) is 4.40. The summed E-state index contributed by atoms with van der Waals surface area (Å²) in [5, 5.41) is 6.32. The summed E-state index contributed by atoms with van der Waals surface area (Å²) in [4.78, 5) is 11.7. The van der Waals surface area contributed by atoms with Crippen LogP contribution in [0.5, 0.6) is 0 Å². The molecule has 2 N–H and O–H groups in total. The summed E-state index contributed by atoms with van der Waals surface area (Å²) in [6, 6.07) is 0.730. The maximum atomic E-state index is 11.7. The van der Waals surface area contributed by atoms with Crippen LogP contribution in [-0.2, 0) is 0 Å². The molecule has 2 heterocycles. The van der Waals surface area contributed by atoms with Crippen molar-refractivity contribution in [3.05, 3.63) is 11.9 Å². The quantitative estimate of drug-likeness (QED) is 0.766. The summed E-state index contributed by atoms with van der Waals surface area (Å²) in [7, 11) is 0. The van der Waals surface area contributed by atoms with Gasteiger partial charge in [0, 0.05) is 12.1 Å². The van der Waals surface area contributed by atoms with Gasteiger partial charge in [-0.25, -0.2) is 0 Å². The number of nitrogens with zero attached hydrogens (tertiary/aromatic N) is 2. The fraction of sp³-hybridized carbons (Fsp3) is 0.667. The molecule has 6 heteroatoms. The van der Waals surface area contributed by atoms with Gasteiger partial charge in [0.15, 0.2) is 5.69 Å². The number of nitrogens with one attached hydrogen (secondary N) is 2. The number of carbonyl (C=O) groups is 1. The van der Waals surface area contributed by atoms with Gasteiger partial charge in [-0.05, 0) is 26.3 Å². The lowest BCUT2D eigenvalue weighted by atomic mass is 10.0. The number of hydrogen-bond acceptors (Lipinski definition) is 5. The van der Waals surface area contributed by atoms with Crippen LogP contribution in [0.25, 0.3) is 0 Å². The highest BCUT2D eigenvalue weighted by atomic mass is 32.1. The lowest BCUT2D eigenvalue weighted by Gasteiger charge is -2.28. The first kappa shape index (κ1) is 10.5. The Hall–Kier alpha value is -1.01. The van der Waals surface area contributed by atoms with E-state index in [2.05, 4.69) is 26.3 Å². The maximum absolute atomic E-state index is 11.7. The molecule has 2 atom stereocenters. The molecule has 1 aliphatic heterocycles. The van der Waals surface area contributed by atoms with Crippen LogP contribution >= 0.6 is 11.7 Å². The monoisotopic (exact) mass is 226 g/mol. The van der Waals surface area contributed by atoms with Gasteiger partial charge in [-0.3, -0.25) is 4.79 Å². The zero-order chi connectivity index (χ0) is 10.7. The van der Waals surface area contributed by atoms with Crippen LogP contribution in [0.3, 0.4) is 0 Å². The van der Waals surface area contributed by atoms with Crippen LogP contribution < -0.4 is 10.6 Å². The van der Waals surface area contributed by atoms with Gasteiger partial charge < -0.3 is 10.6 Å². The molecular formula is C9H14N4OS. The topological polar surface area (TPSA) is 66.9 Å². The Morgan fingerprint density at radius 3 is 3.27 bits per heavy atom. The predicted molar refractivity (Wildman–Crippen MR) is 57.9 cm³/mol. The third-order valence-corrected chi connectivity index (χ3v) is 3.03.